The van der Waals surface area contributed by atoms with Crippen LogP contribution in [-0.4, -0.2) is 41.7 Å². The van der Waals surface area contributed by atoms with Gasteiger partial charge in [-0.2, -0.15) is 0 Å². The number of aromatic hydroxyl groups is 1. The highest BCUT2D eigenvalue weighted by atomic mass is 35.5. The van der Waals surface area contributed by atoms with Gasteiger partial charge in [0.2, 0.25) is 0 Å². The van der Waals surface area contributed by atoms with Crippen molar-refractivity contribution < 1.29 is 14.6 Å². The highest BCUT2D eigenvalue weighted by Gasteiger charge is 2.26. The van der Waals surface area contributed by atoms with Gasteiger partial charge in [-0.25, -0.2) is 0 Å². The molecule has 17 heavy (non-hydrogen) atoms. The lowest BCUT2D eigenvalue weighted by Crippen LogP contribution is -2.47. The fourth-order valence-electron chi connectivity index (χ4n) is 1.87. The molecule has 5 heteroatoms. The summed E-state index contributed by atoms with van der Waals surface area (Å²) in [6, 6.07) is 4.54. The molecule has 0 spiro atoms. The standard InChI is InChI=1S/C12H14ClNO3/c1-8-7-17-5-4-14(8)12(16)10-3-2-9(13)6-11(10)15/h2-3,6,8,15H,4-5,7H2,1H3. The summed E-state index contributed by atoms with van der Waals surface area (Å²) >= 11 is 5.73. The van der Waals surface area contributed by atoms with Gasteiger partial charge in [0.05, 0.1) is 24.8 Å². The van der Waals surface area contributed by atoms with Crippen molar-refractivity contribution in [2.45, 2.75) is 13.0 Å². The molecule has 1 aliphatic heterocycles. The summed E-state index contributed by atoms with van der Waals surface area (Å²) in [6.45, 7) is 3.52. The van der Waals surface area contributed by atoms with E-state index in [4.69, 9.17) is 16.3 Å². The van der Waals surface area contributed by atoms with Crippen LogP contribution >= 0.6 is 11.6 Å². The van der Waals surface area contributed by atoms with Crippen LogP contribution in [0.5, 0.6) is 5.75 Å². The van der Waals surface area contributed by atoms with E-state index < -0.39 is 0 Å². The van der Waals surface area contributed by atoms with E-state index in [0.717, 1.165) is 0 Å². The molecule has 0 bridgehead atoms. The van der Waals surface area contributed by atoms with Gasteiger partial charge in [-0.05, 0) is 25.1 Å². The summed E-state index contributed by atoms with van der Waals surface area (Å²) in [6.07, 6.45) is 0. The van der Waals surface area contributed by atoms with Gasteiger partial charge in [-0.3, -0.25) is 4.79 Å². The minimum Gasteiger partial charge on any atom is -0.507 e. The molecule has 0 aromatic heterocycles. The molecule has 0 saturated carbocycles. The molecule has 1 amide bonds. The van der Waals surface area contributed by atoms with E-state index in [1.807, 2.05) is 6.92 Å². The van der Waals surface area contributed by atoms with E-state index in [9.17, 15) is 9.90 Å². The number of rotatable bonds is 1. The van der Waals surface area contributed by atoms with Crippen LogP contribution in [0.4, 0.5) is 0 Å². The molecule has 1 atom stereocenters. The summed E-state index contributed by atoms with van der Waals surface area (Å²) in [4.78, 5) is 13.9. The lowest BCUT2D eigenvalue weighted by molar-refractivity contribution is 0.00345. The Balaban J connectivity index is 2.24. The number of nitrogens with zero attached hydrogens (tertiary/aromatic N) is 1. The lowest BCUT2D eigenvalue weighted by atomic mass is 10.1. The van der Waals surface area contributed by atoms with Crippen LogP contribution < -0.4 is 0 Å². The first kappa shape index (κ1) is 12.2. The zero-order chi connectivity index (χ0) is 12.4. The van der Waals surface area contributed by atoms with Gasteiger partial charge in [-0.15, -0.1) is 0 Å². The third-order valence-electron chi connectivity index (χ3n) is 2.82. The quantitative estimate of drug-likeness (QED) is 0.834. The Kier molecular flexibility index (Phi) is 3.54. The summed E-state index contributed by atoms with van der Waals surface area (Å²) in [5.41, 5.74) is 0.281. The van der Waals surface area contributed by atoms with E-state index in [1.165, 1.54) is 6.07 Å². The zero-order valence-electron chi connectivity index (χ0n) is 9.52. The van der Waals surface area contributed by atoms with Crippen molar-refractivity contribution in [3.8, 4) is 5.75 Å². The smallest absolute Gasteiger partial charge is 0.258 e. The lowest BCUT2D eigenvalue weighted by Gasteiger charge is -2.33. The number of carbonyl (C=O) groups excluding carboxylic acids is 1. The molecule has 1 N–H and O–H groups in total. The van der Waals surface area contributed by atoms with Gasteiger partial charge < -0.3 is 14.7 Å². The topological polar surface area (TPSA) is 49.8 Å². The first-order chi connectivity index (χ1) is 8.09. The molecular formula is C12H14ClNO3. The van der Waals surface area contributed by atoms with Crippen LogP contribution in [0.25, 0.3) is 0 Å². The molecular weight excluding hydrogens is 242 g/mol. The number of phenolic OH excluding ortho intramolecular Hbond substituents is 1. The largest absolute Gasteiger partial charge is 0.507 e. The number of amides is 1. The van der Waals surface area contributed by atoms with Gasteiger partial charge in [0.1, 0.15) is 5.75 Å². The van der Waals surface area contributed by atoms with Crippen LogP contribution in [0.1, 0.15) is 17.3 Å². The summed E-state index contributed by atoms with van der Waals surface area (Å²) < 4.78 is 5.27. The zero-order valence-corrected chi connectivity index (χ0v) is 10.3. The third-order valence-corrected chi connectivity index (χ3v) is 3.05. The Morgan fingerprint density at radius 3 is 3.00 bits per heavy atom. The second-order valence-corrected chi connectivity index (χ2v) is 4.52. The Hall–Kier alpha value is -1.26. The Bertz CT molecular complexity index is 436. The molecule has 4 nitrogen and oxygen atoms in total. The molecule has 1 saturated heterocycles. The molecule has 1 heterocycles. The molecule has 1 aliphatic rings. The number of ether oxygens (including phenoxy) is 1. The molecule has 0 radical (unpaired) electrons. The molecule has 92 valence electrons. The minimum absolute atomic E-state index is 0.0197. The molecule has 1 aromatic carbocycles. The number of hydrogen-bond donors (Lipinski definition) is 1. The van der Waals surface area contributed by atoms with Crippen LogP contribution in [0.3, 0.4) is 0 Å². The maximum Gasteiger partial charge on any atom is 0.258 e. The highest BCUT2D eigenvalue weighted by molar-refractivity contribution is 6.30. The number of benzene rings is 1. The molecule has 0 aliphatic carbocycles. The molecule has 1 aromatic rings. The van der Waals surface area contributed by atoms with E-state index in [2.05, 4.69) is 0 Å². The van der Waals surface area contributed by atoms with Crippen molar-refractivity contribution in [3.05, 3.63) is 28.8 Å². The van der Waals surface area contributed by atoms with Crippen molar-refractivity contribution in [1.29, 1.82) is 0 Å². The molecule has 1 unspecified atom stereocenters. The van der Waals surface area contributed by atoms with Crippen LogP contribution in [0.15, 0.2) is 18.2 Å². The van der Waals surface area contributed by atoms with Gasteiger partial charge in [0, 0.05) is 11.6 Å². The Labute approximate surface area is 105 Å². The maximum atomic E-state index is 12.2. The SMILES string of the molecule is CC1COCCN1C(=O)c1ccc(Cl)cc1O. The number of hydrogen-bond acceptors (Lipinski definition) is 3. The number of phenols is 1. The van der Waals surface area contributed by atoms with Crippen molar-refractivity contribution in [2.24, 2.45) is 0 Å². The normalized spacial score (nSPS) is 20.4. The highest BCUT2D eigenvalue weighted by Crippen LogP contribution is 2.24. The average Bonchev–Trinajstić information content (AvgIpc) is 2.29. The van der Waals surface area contributed by atoms with Crippen molar-refractivity contribution >= 4 is 17.5 Å². The predicted molar refractivity (Wildman–Crippen MR) is 64.4 cm³/mol. The fourth-order valence-corrected chi connectivity index (χ4v) is 2.04. The molecule has 1 fully saturated rings. The first-order valence-electron chi connectivity index (χ1n) is 5.47. The monoisotopic (exact) mass is 255 g/mol. The maximum absolute atomic E-state index is 12.2. The Morgan fingerprint density at radius 2 is 2.35 bits per heavy atom. The predicted octanol–water partition coefficient (Wildman–Crippen LogP) is 1.91. The number of halogens is 1. The summed E-state index contributed by atoms with van der Waals surface area (Å²) in [7, 11) is 0. The third kappa shape index (κ3) is 2.53. The minimum atomic E-state index is -0.185. The first-order valence-corrected chi connectivity index (χ1v) is 5.84. The van der Waals surface area contributed by atoms with Crippen LogP contribution in [-0.2, 0) is 4.74 Å². The van der Waals surface area contributed by atoms with Crippen LogP contribution in [0.2, 0.25) is 5.02 Å². The van der Waals surface area contributed by atoms with Crippen molar-refractivity contribution in [3.63, 3.8) is 0 Å². The number of morpholine rings is 1. The average molecular weight is 256 g/mol. The van der Waals surface area contributed by atoms with Gasteiger partial charge >= 0.3 is 0 Å². The summed E-state index contributed by atoms with van der Waals surface area (Å²) in [5.74, 6) is -0.267. The van der Waals surface area contributed by atoms with Gasteiger partial charge in [-0.1, -0.05) is 11.6 Å². The van der Waals surface area contributed by atoms with Crippen LogP contribution in [0, 0.1) is 0 Å². The second-order valence-electron chi connectivity index (χ2n) is 4.08. The fraction of sp³-hybridized carbons (Fsp3) is 0.417. The van der Waals surface area contributed by atoms with E-state index >= 15 is 0 Å². The Morgan fingerprint density at radius 1 is 1.59 bits per heavy atom. The van der Waals surface area contributed by atoms with E-state index in [1.54, 1.807) is 17.0 Å². The molecule has 2 rings (SSSR count). The van der Waals surface area contributed by atoms with E-state index in [0.29, 0.717) is 24.8 Å². The number of carbonyl (C=O) groups is 1. The van der Waals surface area contributed by atoms with Crippen molar-refractivity contribution in [1.82, 2.24) is 4.90 Å². The second kappa shape index (κ2) is 4.94. The van der Waals surface area contributed by atoms with Gasteiger partial charge in [0.15, 0.2) is 0 Å². The van der Waals surface area contributed by atoms with Gasteiger partial charge in [0.25, 0.3) is 5.91 Å². The van der Waals surface area contributed by atoms with E-state index in [-0.39, 0.29) is 23.3 Å². The summed E-state index contributed by atoms with van der Waals surface area (Å²) in [5, 5.41) is 10.1. The van der Waals surface area contributed by atoms with Crippen molar-refractivity contribution in [2.75, 3.05) is 19.8 Å².